The normalized spacial score (nSPS) is 10.6. The van der Waals surface area contributed by atoms with Gasteiger partial charge in [-0.2, -0.15) is 0 Å². The smallest absolute Gasteiger partial charge is 0.227 e. The predicted molar refractivity (Wildman–Crippen MR) is 108 cm³/mol. The SMILES string of the molecule is COc1ccc(Nc2ncc3cccc(-c4ccc(OC)cc4)c3n2)cc1. The minimum absolute atomic E-state index is 0.550. The molecular formula is C22H19N3O2. The Labute approximate surface area is 157 Å². The van der Waals surface area contributed by atoms with Gasteiger partial charge >= 0.3 is 0 Å². The van der Waals surface area contributed by atoms with Crippen LogP contribution in [0.3, 0.4) is 0 Å². The van der Waals surface area contributed by atoms with E-state index in [1.807, 2.05) is 66.9 Å². The quantitative estimate of drug-likeness (QED) is 0.541. The summed E-state index contributed by atoms with van der Waals surface area (Å²) < 4.78 is 10.4. The summed E-state index contributed by atoms with van der Waals surface area (Å²) in [4.78, 5) is 9.18. The zero-order chi connectivity index (χ0) is 18.6. The fourth-order valence-corrected chi connectivity index (χ4v) is 2.92. The lowest BCUT2D eigenvalue weighted by atomic mass is 10.0. The number of nitrogens with zero attached hydrogens (tertiary/aromatic N) is 2. The van der Waals surface area contributed by atoms with Crippen LogP contribution in [0.25, 0.3) is 22.0 Å². The van der Waals surface area contributed by atoms with Crippen molar-refractivity contribution in [1.29, 1.82) is 0 Å². The van der Waals surface area contributed by atoms with Gasteiger partial charge in [-0.1, -0.05) is 30.3 Å². The molecule has 4 rings (SSSR count). The van der Waals surface area contributed by atoms with Crippen molar-refractivity contribution in [2.24, 2.45) is 0 Å². The highest BCUT2D eigenvalue weighted by atomic mass is 16.5. The maximum absolute atomic E-state index is 5.25. The fraction of sp³-hybridized carbons (Fsp3) is 0.0909. The first-order chi connectivity index (χ1) is 13.3. The van der Waals surface area contributed by atoms with Crippen LogP contribution in [0.4, 0.5) is 11.6 Å². The number of rotatable bonds is 5. The molecule has 0 saturated heterocycles. The molecule has 0 unspecified atom stereocenters. The van der Waals surface area contributed by atoms with Gasteiger partial charge in [-0.15, -0.1) is 0 Å². The lowest BCUT2D eigenvalue weighted by Gasteiger charge is -2.10. The van der Waals surface area contributed by atoms with Gasteiger partial charge in [0.2, 0.25) is 5.95 Å². The molecule has 0 aliphatic carbocycles. The number of methoxy groups -OCH3 is 2. The second kappa shape index (κ2) is 7.33. The van der Waals surface area contributed by atoms with Crippen LogP contribution in [0.2, 0.25) is 0 Å². The number of hydrogen-bond donors (Lipinski definition) is 1. The molecule has 1 N–H and O–H groups in total. The fourth-order valence-electron chi connectivity index (χ4n) is 2.92. The molecule has 0 bridgehead atoms. The van der Waals surface area contributed by atoms with Crippen molar-refractivity contribution in [3.8, 4) is 22.6 Å². The molecule has 27 heavy (non-hydrogen) atoms. The van der Waals surface area contributed by atoms with Crippen LogP contribution in [0, 0.1) is 0 Å². The number of anilines is 2. The lowest BCUT2D eigenvalue weighted by molar-refractivity contribution is 0.415. The molecule has 134 valence electrons. The summed E-state index contributed by atoms with van der Waals surface area (Å²) in [5.41, 5.74) is 3.93. The van der Waals surface area contributed by atoms with Crippen LogP contribution in [0.5, 0.6) is 11.5 Å². The van der Waals surface area contributed by atoms with Gasteiger partial charge in [-0.25, -0.2) is 9.97 Å². The van der Waals surface area contributed by atoms with Gasteiger partial charge in [0.15, 0.2) is 0 Å². The highest BCUT2D eigenvalue weighted by molar-refractivity contribution is 5.93. The molecule has 0 fully saturated rings. The zero-order valence-electron chi connectivity index (χ0n) is 15.1. The van der Waals surface area contributed by atoms with Crippen LogP contribution >= 0.6 is 0 Å². The average molecular weight is 357 g/mol. The third-order valence-corrected chi connectivity index (χ3v) is 4.36. The van der Waals surface area contributed by atoms with E-state index in [9.17, 15) is 0 Å². The third-order valence-electron chi connectivity index (χ3n) is 4.36. The van der Waals surface area contributed by atoms with E-state index in [2.05, 4.69) is 16.4 Å². The molecular weight excluding hydrogens is 338 g/mol. The van der Waals surface area contributed by atoms with Crippen molar-refractivity contribution in [1.82, 2.24) is 9.97 Å². The first kappa shape index (κ1) is 16.8. The minimum atomic E-state index is 0.550. The molecule has 0 saturated carbocycles. The van der Waals surface area contributed by atoms with E-state index in [1.54, 1.807) is 14.2 Å². The Kier molecular flexibility index (Phi) is 4.58. The van der Waals surface area contributed by atoms with Crippen LogP contribution in [0.1, 0.15) is 0 Å². The molecule has 4 aromatic rings. The number of nitrogens with one attached hydrogen (secondary N) is 1. The van der Waals surface area contributed by atoms with Gasteiger partial charge in [0.25, 0.3) is 0 Å². The van der Waals surface area contributed by atoms with Crippen molar-refractivity contribution < 1.29 is 9.47 Å². The van der Waals surface area contributed by atoms with Crippen molar-refractivity contribution in [2.45, 2.75) is 0 Å². The molecule has 0 aliphatic heterocycles. The molecule has 5 nitrogen and oxygen atoms in total. The van der Waals surface area contributed by atoms with Crippen molar-refractivity contribution >= 4 is 22.5 Å². The lowest BCUT2D eigenvalue weighted by Crippen LogP contribution is -1.98. The highest BCUT2D eigenvalue weighted by Gasteiger charge is 2.08. The van der Waals surface area contributed by atoms with Crippen molar-refractivity contribution in [3.63, 3.8) is 0 Å². The molecule has 0 atom stereocenters. The van der Waals surface area contributed by atoms with Gasteiger partial charge < -0.3 is 14.8 Å². The Morgan fingerprint density at radius 1 is 0.778 bits per heavy atom. The van der Waals surface area contributed by atoms with E-state index in [1.165, 1.54) is 0 Å². The van der Waals surface area contributed by atoms with Crippen molar-refractivity contribution in [3.05, 3.63) is 72.9 Å². The summed E-state index contributed by atoms with van der Waals surface area (Å²) in [7, 11) is 3.31. The molecule has 0 spiro atoms. The Morgan fingerprint density at radius 3 is 2.11 bits per heavy atom. The first-order valence-corrected chi connectivity index (χ1v) is 8.58. The van der Waals surface area contributed by atoms with Gasteiger partial charge in [-0.05, 0) is 42.0 Å². The van der Waals surface area contributed by atoms with E-state index in [0.717, 1.165) is 39.2 Å². The van der Waals surface area contributed by atoms with Gasteiger partial charge in [-0.3, -0.25) is 0 Å². The summed E-state index contributed by atoms with van der Waals surface area (Å²) in [6.07, 6.45) is 1.83. The van der Waals surface area contributed by atoms with Gasteiger partial charge in [0.05, 0.1) is 19.7 Å². The number of ether oxygens (including phenoxy) is 2. The molecule has 1 heterocycles. The Balaban J connectivity index is 1.71. The molecule has 0 radical (unpaired) electrons. The van der Waals surface area contributed by atoms with E-state index in [4.69, 9.17) is 14.5 Å². The molecule has 3 aromatic carbocycles. The summed E-state index contributed by atoms with van der Waals surface area (Å²) in [5.74, 6) is 2.19. The molecule has 1 aromatic heterocycles. The monoisotopic (exact) mass is 357 g/mol. The second-order valence-electron chi connectivity index (χ2n) is 6.02. The van der Waals surface area contributed by atoms with E-state index in [0.29, 0.717) is 5.95 Å². The maximum Gasteiger partial charge on any atom is 0.227 e. The molecule has 0 aliphatic rings. The standard InChI is InChI=1S/C22H19N3O2/c1-26-18-10-6-15(7-11-18)20-5-3-4-16-14-23-22(25-21(16)20)24-17-8-12-19(27-2)13-9-17/h3-14H,1-2H3,(H,23,24,25). The summed E-state index contributed by atoms with van der Waals surface area (Å²) in [6.45, 7) is 0. The van der Waals surface area contributed by atoms with Crippen LogP contribution in [0.15, 0.2) is 72.9 Å². The van der Waals surface area contributed by atoms with Gasteiger partial charge in [0, 0.05) is 22.8 Å². The second-order valence-corrected chi connectivity index (χ2v) is 6.02. The first-order valence-electron chi connectivity index (χ1n) is 8.58. The Morgan fingerprint density at radius 2 is 1.44 bits per heavy atom. The number of para-hydroxylation sites is 1. The van der Waals surface area contributed by atoms with E-state index in [-0.39, 0.29) is 0 Å². The predicted octanol–water partition coefficient (Wildman–Crippen LogP) is 5.06. The van der Waals surface area contributed by atoms with Crippen molar-refractivity contribution in [2.75, 3.05) is 19.5 Å². The summed E-state index contributed by atoms with van der Waals surface area (Å²) in [5, 5.41) is 4.24. The summed E-state index contributed by atoms with van der Waals surface area (Å²) >= 11 is 0. The maximum atomic E-state index is 5.25. The zero-order valence-corrected chi connectivity index (χ0v) is 15.1. The van der Waals surface area contributed by atoms with Gasteiger partial charge in [0.1, 0.15) is 11.5 Å². The molecule has 0 amide bonds. The molecule has 5 heteroatoms. The summed E-state index contributed by atoms with van der Waals surface area (Å²) in [6, 6.07) is 21.7. The van der Waals surface area contributed by atoms with Crippen LogP contribution in [-0.2, 0) is 0 Å². The Bertz CT molecular complexity index is 1060. The number of fused-ring (bicyclic) bond motifs is 1. The topological polar surface area (TPSA) is 56.3 Å². The van der Waals surface area contributed by atoms with E-state index < -0.39 is 0 Å². The Hall–Kier alpha value is -3.60. The highest BCUT2D eigenvalue weighted by Crippen LogP contribution is 2.29. The number of aromatic nitrogens is 2. The van der Waals surface area contributed by atoms with E-state index >= 15 is 0 Å². The largest absolute Gasteiger partial charge is 0.497 e. The minimum Gasteiger partial charge on any atom is -0.497 e. The number of hydrogen-bond acceptors (Lipinski definition) is 5. The number of benzene rings is 3. The van der Waals surface area contributed by atoms with Crippen LogP contribution < -0.4 is 14.8 Å². The average Bonchev–Trinajstić information content (AvgIpc) is 2.74. The third kappa shape index (κ3) is 3.53. The van der Waals surface area contributed by atoms with Crippen LogP contribution in [-0.4, -0.2) is 24.2 Å².